The van der Waals surface area contributed by atoms with Crippen LogP contribution in [0.5, 0.6) is 0 Å². The van der Waals surface area contributed by atoms with E-state index in [9.17, 15) is 22.4 Å². The zero-order valence-electron chi connectivity index (χ0n) is 16.0. The van der Waals surface area contributed by atoms with Crippen LogP contribution in [-0.2, 0) is 14.8 Å². The fraction of sp³-hybridized carbons (Fsp3) is 0.0476. The Bertz CT molecular complexity index is 1230. The van der Waals surface area contributed by atoms with Gasteiger partial charge in [0.2, 0.25) is 5.91 Å². The number of amides is 2. The highest BCUT2D eigenvalue weighted by molar-refractivity contribution is 8.00. The molecule has 0 aliphatic heterocycles. The smallest absolute Gasteiger partial charge is 0.262 e. The number of benzene rings is 3. The molecule has 0 aliphatic carbocycles. The van der Waals surface area contributed by atoms with Crippen LogP contribution in [-0.4, -0.2) is 26.0 Å². The van der Waals surface area contributed by atoms with E-state index in [0.29, 0.717) is 10.6 Å². The van der Waals surface area contributed by atoms with Crippen molar-refractivity contribution in [1.29, 1.82) is 0 Å². The van der Waals surface area contributed by atoms with Gasteiger partial charge in [-0.1, -0.05) is 30.3 Å². The maximum Gasteiger partial charge on any atom is 0.262 e. The van der Waals surface area contributed by atoms with Gasteiger partial charge in [0, 0.05) is 10.5 Å². The molecule has 0 bridgehead atoms. The number of carbonyl (C=O) groups excluding carboxylic acids is 2. The summed E-state index contributed by atoms with van der Waals surface area (Å²) in [6.07, 6.45) is 0. The summed E-state index contributed by atoms with van der Waals surface area (Å²) < 4.78 is 41.3. The molecule has 10 heteroatoms. The SMILES string of the molecule is NC(=O)CSc1ccccc1NC(=O)c1cccc(S(=O)(=O)Nc2ccccc2F)c1. The third kappa shape index (κ3) is 5.83. The van der Waals surface area contributed by atoms with Crippen LogP contribution < -0.4 is 15.8 Å². The van der Waals surface area contributed by atoms with Gasteiger partial charge in [-0.3, -0.25) is 14.3 Å². The molecule has 3 aromatic rings. The van der Waals surface area contributed by atoms with Crippen LogP contribution in [0.15, 0.2) is 82.6 Å². The second kappa shape index (κ2) is 9.63. The summed E-state index contributed by atoms with van der Waals surface area (Å²) in [6.45, 7) is 0. The fourth-order valence-electron chi connectivity index (χ4n) is 2.59. The number of carbonyl (C=O) groups is 2. The van der Waals surface area contributed by atoms with E-state index < -0.39 is 27.7 Å². The molecule has 160 valence electrons. The van der Waals surface area contributed by atoms with Gasteiger partial charge in [0.15, 0.2) is 0 Å². The number of sulfonamides is 1. The van der Waals surface area contributed by atoms with Crippen molar-refractivity contribution in [3.05, 3.63) is 84.2 Å². The predicted octanol–water partition coefficient (Wildman–Crippen LogP) is 3.46. The zero-order valence-corrected chi connectivity index (χ0v) is 17.7. The van der Waals surface area contributed by atoms with E-state index in [2.05, 4.69) is 10.0 Å². The Labute approximate surface area is 182 Å². The molecule has 4 N–H and O–H groups in total. The molecule has 0 spiro atoms. The van der Waals surface area contributed by atoms with Gasteiger partial charge in [-0.25, -0.2) is 12.8 Å². The van der Waals surface area contributed by atoms with E-state index in [1.54, 1.807) is 24.3 Å². The van der Waals surface area contributed by atoms with Gasteiger partial charge in [-0.2, -0.15) is 0 Å². The van der Waals surface area contributed by atoms with Gasteiger partial charge in [0.1, 0.15) is 5.82 Å². The number of hydrogen-bond donors (Lipinski definition) is 3. The summed E-state index contributed by atoms with van der Waals surface area (Å²) in [7, 11) is -4.12. The molecule has 0 heterocycles. The number of rotatable bonds is 8. The Balaban J connectivity index is 1.81. The molecule has 0 saturated carbocycles. The largest absolute Gasteiger partial charge is 0.369 e. The third-order valence-corrected chi connectivity index (χ3v) is 6.49. The number of para-hydroxylation sites is 2. The highest BCUT2D eigenvalue weighted by atomic mass is 32.2. The van der Waals surface area contributed by atoms with Gasteiger partial charge in [0.25, 0.3) is 15.9 Å². The van der Waals surface area contributed by atoms with Crippen molar-refractivity contribution < 1.29 is 22.4 Å². The number of primary amides is 1. The van der Waals surface area contributed by atoms with Crippen molar-refractivity contribution in [2.24, 2.45) is 5.73 Å². The van der Waals surface area contributed by atoms with E-state index in [4.69, 9.17) is 5.73 Å². The Kier molecular flexibility index (Phi) is 6.93. The van der Waals surface area contributed by atoms with Crippen molar-refractivity contribution in [2.75, 3.05) is 15.8 Å². The first-order valence-electron chi connectivity index (χ1n) is 8.95. The van der Waals surface area contributed by atoms with Crippen LogP contribution in [0.4, 0.5) is 15.8 Å². The quantitative estimate of drug-likeness (QED) is 0.446. The zero-order chi connectivity index (χ0) is 22.4. The van der Waals surface area contributed by atoms with E-state index in [1.807, 2.05) is 0 Å². The number of hydrogen-bond acceptors (Lipinski definition) is 5. The van der Waals surface area contributed by atoms with Crippen molar-refractivity contribution in [3.8, 4) is 0 Å². The van der Waals surface area contributed by atoms with E-state index in [1.165, 1.54) is 54.2 Å². The summed E-state index contributed by atoms with van der Waals surface area (Å²) in [5, 5.41) is 2.70. The molecular weight excluding hydrogens is 441 g/mol. The lowest BCUT2D eigenvalue weighted by molar-refractivity contribution is -0.115. The van der Waals surface area contributed by atoms with Crippen LogP contribution in [0.1, 0.15) is 10.4 Å². The van der Waals surface area contributed by atoms with E-state index >= 15 is 0 Å². The van der Waals surface area contributed by atoms with Gasteiger partial charge in [-0.05, 0) is 42.5 Å². The Morgan fingerprint density at radius 1 is 0.935 bits per heavy atom. The number of anilines is 2. The maximum absolute atomic E-state index is 13.8. The average molecular weight is 460 g/mol. The summed E-state index contributed by atoms with van der Waals surface area (Å²) in [5.41, 5.74) is 5.52. The van der Waals surface area contributed by atoms with Crippen LogP contribution in [0.25, 0.3) is 0 Å². The highest BCUT2D eigenvalue weighted by Crippen LogP contribution is 2.27. The average Bonchev–Trinajstić information content (AvgIpc) is 2.74. The second-order valence-corrected chi connectivity index (χ2v) is 9.02. The van der Waals surface area contributed by atoms with Crippen molar-refractivity contribution >= 4 is 45.0 Å². The Morgan fingerprint density at radius 3 is 2.32 bits per heavy atom. The number of thioether (sulfide) groups is 1. The van der Waals surface area contributed by atoms with Crippen molar-refractivity contribution in [1.82, 2.24) is 0 Å². The standard InChI is InChI=1S/C21H18FN3O4S2/c22-16-8-1-2-9-17(16)25-31(28,29)15-7-5-6-14(12-15)21(27)24-18-10-3-4-11-19(18)30-13-20(23)26/h1-12,25H,13H2,(H2,23,26)(H,24,27). The first-order chi connectivity index (χ1) is 14.8. The summed E-state index contributed by atoms with van der Waals surface area (Å²) >= 11 is 1.17. The molecule has 0 aromatic heterocycles. The van der Waals surface area contributed by atoms with E-state index in [0.717, 1.165) is 6.07 Å². The molecule has 3 rings (SSSR count). The Morgan fingerprint density at radius 2 is 1.61 bits per heavy atom. The van der Waals surface area contributed by atoms with E-state index in [-0.39, 0.29) is 21.9 Å². The van der Waals surface area contributed by atoms with Gasteiger partial charge in [0.05, 0.1) is 22.0 Å². The second-order valence-electron chi connectivity index (χ2n) is 6.32. The van der Waals surface area contributed by atoms with Crippen molar-refractivity contribution in [3.63, 3.8) is 0 Å². The highest BCUT2D eigenvalue weighted by Gasteiger charge is 2.18. The molecule has 0 fully saturated rings. The lowest BCUT2D eigenvalue weighted by atomic mass is 10.2. The predicted molar refractivity (Wildman–Crippen MR) is 118 cm³/mol. The summed E-state index contributed by atoms with van der Waals surface area (Å²) in [6, 6.07) is 17.6. The molecule has 2 amide bonds. The molecule has 0 radical (unpaired) electrons. The number of halogens is 1. The topological polar surface area (TPSA) is 118 Å². The Hall–Kier alpha value is -3.37. The number of nitrogens with two attached hydrogens (primary N) is 1. The minimum Gasteiger partial charge on any atom is -0.369 e. The van der Waals surface area contributed by atoms with Crippen LogP contribution in [0, 0.1) is 5.82 Å². The lowest BCUT2D eigenvalue weighted by Gasteiger charge is -2.12. The first-order valence-corrected chi connectivity index (χ1v) is 11.4. The number of nitrogens with one attached hydrogen (secondary N) is 2. The minimum atomic E-state index is -4.12. The van der Waals surface area contributed by atoms with Crippen LogP contribution in [0.2, 0.25) is 0 Å². The van der Waals surface area contributed by atoms with Gasteiger partial charge >= 0.3 is 0 Å². The molecule has 7 nitrogen and oxygen atoms in total. The first kappa shape index (κ1) is 22.3. The molecule has 3 aromatic carbocycles. The normalized spacial score (nSPS) is 11.0. The summed E-state index contributed by atoms with van der Waals surface area (Å²) in [5.74, 6) is -1.71. The molecule has 0 unspecified atom stereocenters. The molecule has 0 aliphatic rings. The molecule has 0 saturated heterocycles. The fourth-order valence-corrected chi connectivity index (χ4v) is 4.45. The lowest BCUT2D eigenvalue weighted by Crippen LogP contribution is -2.17. The van der Waals surface area contributed by atoms with Gasteiger partial charge in [-0.15, -0.1) is 11.8 Å². The minimum absolute atomic E-state index is 0.0440. The molecular formula is C21H18FN3O4S2. The monoisotopic (exact) mass is 459 g/mol. The van der Waals surface area contributed by atoms with Gasteiger partial charge < -0.3 is 11.1 Å². The maximum atomic E-state index is 13.8. The van der Waals surface area contributed by atoms with Crippen LogP contribution in [0.3, 0.4) is 0 Å². The van der Waals surface area contributed by atoms with Crippen LogP contribution >= 0.6 is 11.8 Å². The van der Waals surface area contributed by atoms with Crippen molar-refractivity contribution in [2.45, 2.75) is 9.79 Å². The molecule has 0 atom stereocenters. The third-order valence-electron chi connectivity index (χ3n) is 4.03. The molecule has 31 heavy (non-hydrogen) atoms. The summed E-state index contributed by atoms with van der Waals surface area (Å²) in [4.78, 5) is 24.2.